The molecule has 51 heavy (non-hydrogen) atoms. The maximum atomic E-state index is 13.5. The summed E-state index contributed by atoms with van der Waals surface area (Å²) >= 11 is 3.61. The second-order valence-electron chi connectivity index (χ2n) is 15.9. The third-order valence-corrected chi connectivity index (χ3v) is 11.6. The molecule has 1 saturated carbocycles. The molecule has 282 valence electrons. The molecule has 11 nitrogen and oxygen atoms in total. The standard InChI is InChI=1S/C36H50BrF3N6O5/c1-34(2,3)51-33(47)46-21-35(22-46)8-12-45(13-9-35)31-27-20-26(24-4-5-24)28(37)30(49-23-36(38,39)40)29(27)41-32(42-31)50-25-6-10-43(11-7-25)14-15-44-16-18-48-19-17-44/h20,24-25H,4-19,21-23H2,1-3H3. The lowest BCUT2D eigenvalue weighted by atomic mass is 9.72. The van der Waals surface area contributed by atoms with E-state index in [4.69, 9.17) is 28.9 Å². The summed E-state index contributed by atoms with van der Waals surface area (Å²) in [6.07, 6.45) is 0.333. The number of amides is 1. The number of anilines is 1. The van der Waals surface area contributed by atoms with E-state index in [1.807, 2.05) is 26.8 Å². The number of ether oxygens (including phenoxy) is 4. The molecule has 15 heteroatoms. The third-order valence-electron chi connectivity index (χ3n) is 10.7. The van der Waals surface area contributed by atoms with E-state index >= 15 is 0 Å². The van der Waals surface area contributed by atoms with Crippen molar-refractivity contribution in [2.24, 2.45) is 5.41 Å². The average Bonchev–Trinajstić information content (AvgIpc) is 3.91. The van der Waals surface area contributed by atoms with Gasteiger partial charge in [0.25, 0.3) is 0 Å². The van der Waals surface area contributed by atoms with Gasteiger partial charge in [0.05, 0.1) is 17.7 Å². The van der Waals surface area contributed by atoms with Crippen molar-refractivity contribution in [3.63, 3.8) is 0 Å². The van der Waals surface area contributed by atoms with Crippen LogP contribution in [-0.2, 0) is 9.47 Å². The Kier molecular flexibility index (Phi) is 10.6. The van der Waals surface area contributed by atoms with E-state index in [0.717, 1.165) is 96.6 Å². The van der Waals surface area contributed by atoms with E-state index in [1.165, 1.54) is 0 Å². The van der Waals surface area contributed by atoms with Crippen molar-refractivity contribution in [1.29, 1.82) is 0 Å². The predicted molar refractivity (Wildman–Crippen MR) is 190 cm³/mol. The first kappa shape index (κ1) is 36.7. The number of halogens is 4. The molecule has 2 aromatic rings. The van der Waals surface area contributed by atoms with Gasteiger partial charge in [0.15, 0.2) is 12.4 Å². The van der Waals surface area contributed by atoms with E-state index < -0.39 is 18.4 Å². The second-order valence-corrected chi connectivity index (χ2v) is 16.7. The molecule has 0 N–H and O–H groups in total. The average molecular weight is 784 g/mol. The molecule has 7 rings (SSSR count). The van der Waals surface area contributed by atoms with Crippen molar-refractivity contribution in [1.82, 2.24) is 24.7 Å². The predicted octanol–water partition coefficient (Wildman–Crippen LogP) is 6.22. The molecule has 1 spiro atoms. The molecule has 0 atom stereocenters. The SMILES string of the molecule is CC(C)(C)OC(=O)N1CC2(CCN(c3nc(OC4CCN(CCN5CCOCC5)CC4)nc4c(OCC(F)(F)F)c(Br)c(C5CC5)cc34)CC2)C1. The number of rotatable bonds is 9. The maximum Gasteiger partial charge on any atom is 0.422 e. The Labute approximate surface area is 306 Å². The summed E-state index contributed by atoms with van der Waals surface area (Å²) in [5, 5.41) is 0.669. The van der Waals surface area contributed by atoms with Gasteiger partial charge in [-0.05, 0) is 92.8 Å². The number of piperidine rings is 2. The van der Waals surface area contributed by atoms with Crippen LogP contribution in [0.4, 0.5) is 23.8 Å². The summed E-state index contributed by atoms with van der Waals surface area (Å²) in [4.78, 5) is 31.3. The Balaban J connectivity index is 1.10. The van der Waals surface area contributed by atoms with Gasteiger partial charge in [0.2, 0.25) is 0 Å². The minimum absolute atomic E-state index is 0.00843. The number of aromatic nitrogens is 2. The lowest BCUT2D eigenvalue weighted by molar-refractivity contribution is -0.153. The Morgan fingerprint density at radius 3 is 2.22 bits per heavy atom. The highest BCUT2D eigenvalue weighted by Crippen LogP contribution is 2.50. The summed E-state index contributed by atoms with van der Waals surface area (Å²) in [6, 6.07) is 2.19. The molecule has 1 aromatic heterocycles. The molecule has 0 radical (unpaired) electrons. The summed E-state index contributed by atoms with van der Waals surface area (Å²) in [5.74, 6) is 0.980. The van der Waals surface area contributed by atoms with Crippen molar-refractivity contribution in [3.8, 4) is 11.8 Å². The number of likely N-dealkylation sites (tertiary alicyclic amines) is 2. The van der Waals surface area contributed by atoms with Crippen LogP contribution in [0.5, 0.6) is 11.8 Å². The minimum Gasteiger partial charge on any atom is -0.481 e. The molecule has 0 unspecified atom stereocenters. The Morgan fingerprint density at radius 2 is 1.61 bits per heavy atom. The highest BCUT2D eigenvalue weighted by molar-refractivity contribution is 9.10. The Hall–Kier alpha value is -2.62. The smallest absolute Gasteiger partial charge is 0.422 e. The fourth-order valence-corrected chi connectivity index (χ4v) is 8.44. The highest BCUT2D eigenvalue weighted by Gasteiger charge is 2.48. The monoisotopic (exact) mass is 782 g/mol. The van der Waals surface area contributed by atoms with Crippen molar-refractivity contribution in [2.75, 3.05) is 90.2 Å². The van der Waals surface area contributed by atoms with Crippen LogP contribution >= 0.6 is 15.9 Å². The van der Waals surface area contributed by atoms with Crippen LogP contribution in [0.25, 0.3) is 10.9 Å². The number of morpholine rings is 1. The molecule has 1 amide bonds. The van der Waals surface area contributed by atoms with Crippen LogP contribution in [-0.4, -0.2) is 134 Å². The van der Waals surface area contributed by atoms with Crippen molar-refractivity contribution < 1.29 is 36.9 Å². The summed E-state index contributed by atoms with van der Waals surface area (Å²) < 4.78 is 64.1. The van der Waals surface area contributed by atoms with Gasteiger partial charge < -0.3 is 33.6 Å². The van der Waals surface area contributed by atoms with Crippen molar-refractivity contribution in [3.05, 3.63) is 16.1 Å². The molecule has 5 fully saturated rings. The topological polar surface area (TPSA) is 92.7 Å². The second kappa shape index (κ2) is 14.7. The summed E-state index contributed by atoms with van der Waals surface area (Å²) in [7, 11) is 0. The molecular formula is C36H50BrF3N6O5. The Morgan fingerprint density at radius 1 is 0.961 bits per heavy atom. The lowest BCUT2D eigenvalue weighted by Crippen LogP contribution is -2.62. The quantitative estimate of drug-likeness (QED) is 0.292. The number of alkyl halides is 3. The Bertz CT molecular complexity index is 1560. The number of hydrogen-bond acceptors (Lipinski definition) is 10. The molecule has 0 bridgehead atoms. The first-order valence-electron chi connectivity index (χ1n) is 18.4. The van der Waals surface area contributed by atoms with Gasteiger partial charge in [0, 0.05) is 76.2 Å². The van der Waals surface area contributed by atoms with Gasteiger partial charge in [-0.25, -0.2) is 4.79 Å². The van der Waals surface area contributed by atoms with Crippen LogP contribution in [0.3, 0.4) is 0 Å². The van der Waals surface area contributed by atoms with Gasteiger partial charge in [-0.2, -0.15) is 23.1 Å². The fraction of sp³-hybridized carbons (Fsp3) is 0.750. The van der Waals surface area contributed by atoms with Crippen LogP contribution in [0, 0.1) is 5.41 Å². The fourth-order valence-electron chi connectivity index (χ4n) is 7.70. The zero-order chi connectivity index (χ0) is 36.0. The normalized spacial score (nSPS) is 22.3. The summed E-state index contributed by atoms with van der Waals surface area (Å²) in [5.41, 5.74) is 0.698. The van der Waals surface area contributed by atoms with E-state index in [0.29, 0.717) is 47.4 Å². The van der Waals surface area contributed by atoms with Gasteiger partial charge in [-0.3, -0.25) is 4.90 Å². The number of nitrogens with zero attached hydrogens (tertiary/aromatic N) is 6. The first-order valence-corrected chi connectivity index (χ1v) is 19.2. The van der Waals surface area contributed by atoms with Crippen LogP contribution in [0.15, 0.2) is 10.5 Å². The third kappa shape index (κ3) is 8.96. The maximum absolute atomic E-state index is 13.5. The van der Waals surface area contributed by atoms with E-state index in [1.54, 1.807) is 4.90 Å². The largest absolute Gasteiger partial charge is 0.481 e. The molecular weight excluding hydrogens is 733 g/mol. The van der Waals surface area contributed by atoms with Crippen LogP contribution in [0.2, 0.25) is 0 Å². The van der Waals surface area contributed by atoms with Gasteiger partial charge >= 0.3 is 18.3 Å². The lowest BCUT2D eigenvalue weighted by Gasteiger charge is -2.53. The van der Waals surface area contributed by atoms with Crippen molar-refractivity contribution >= 4 is 38.7 Å². The molecule has 4 aliphatic heterocycles. The number of benzene rings is 1. The number of hydrogen-bond donors (Lipinski definition) is 0. The molecule has 5 heterocycles. The van der Waals surface area contributed by atoms with Gasteiger partial charge in [-0.15, -0.1) is 0 Å². The van der Waals surface area contributed by atoms with E-state index in [2.05, 4.69) is 30.6 Å². The molecule has 4 saturated heterocycles. The molecule has 1 aromatic carbocycles. The summed E-state index contributed by atoms with van der Waals surface area (Å²) in [6.45, 7) is 14.1. The van der Waals surface area contributed by atoms with Crippen LogP contribution < -0.4 is 14.4 Å². The number of fused-ring (bicyclic) bond motifs is 1. The first-order chi connectivity index (χ1) is 24.2. The van der Waals surface area contributed by atoms with E-state index in [-0.39, 0.29) is 35.3 Å². The van der Waals surface area contributed by atoms with Crippen molar-refractivity contribution in [2.45, 2.75) is 83.1 Å². The minimum atomic E-state index is -4.51. The van der Waals surface area contributed by atoms with E-state index in [9.17, 15) is 18.0 Å². The zero-order valence-corrected chi connectivity index (χ0v) is 31.5. The number of carbonyl (C=O) groups is 1. The van der Waals surface area contributed by atoms with Gasteiger partial charge in [-0.1, -0.05) is 0 Å². The molecule has 5 aliphatic rings. The van der Waals surface area contributed by atoms with Crippen LogP contribution in [0.1, 0.15) is 70.8 Å². The number of carbonyl (C=O) groups excluding carboxylic acids is 1. The zero-order valence-electron chi connectivity index (χ0n) is 29.9. The highest BCUT2D eigenvalue weighted by atomic mass is 79.9. The van der Waals surface area contributed by atoms with Gasteiger partial charge in [0.1, 0.15) is 23.0 Å². The molecule has 1 aliphatic carbocycles.